The Morgan fingerprint density at radius 3 is 3.05 bits per heavy atom. The van der Waals surface area contributed by atoms with Gasteiger partial charge >= 0.3 is 6.01 Å². The maximum absolute atomic E-state index is 5.73. The van der Waals surface area contributed by atoms with Gasteiger partial charge < -0.3 is 10.2 Å². The Morgan fingerprint density at radius 1 is 1.26 bits per heavy atom. The van der Waals surface area contributed by atoms with E-state index in [2.05, 4.69) is 33.3 Å². The van der Waals surface area contributed by atoms with Crippen molar-refractivity contribution in [2.24, 2.45) is 5.73 Å². The lowest BCUT2D eigenvalue weighted by molar-refractivity contribution is 0.484. The number of aryl methyl sites for hydroxylation is 2. The van der Waals surface area contributed by atoms with Crippen LogP contribution in [0, 0.1) is 0 Å². The molecule has 5 heteroatoms. The minimum atomic E-state index is 0.596. The smallest absolute Gasteiger partial charge is 0.322 e. The van der Waals surface area contributed by atoms with Crippen LogP contribution < -0.4 is 10.6 Å². The van der Waals surface area contributed by atoms with Gasteiger partial charge in [0.15, 0.2) is 0 Å². The van der Waals surface area contributed by atoms with Crippen molar-refractivity contribution < 1.29 is 4.42 Å². The summed E-state index contributed by atoms with van der Waals surface area (Å²) in [5.74, 6) is 0.670. The maximum Gasteiger partial charge on any atom is 0.322 e. The van der Waals surface area contributed by atoms with Crippen LogP contribution in [0.15, 0.2) is 28.7 Å². The van der Waals surface area contributed by atoms with Crippen molar-refractivity contribution in [1.29, 1.82) is 0 Å². The number of benzene rings is 1. The molecule has 0 unspecified atom stereocenters. The summed E-state index contributed by atoms with van der Waals surface area (Å²) in [5, 5.41) is 8.25. The van der Waals surface area contributed by atoms with Crippen molar-refractivity contribution in [2.75, 3.05) is 18.0 Å². The summed E-state index contributed by atoms with van der Waals surface area (Å²) in [7, 11) is 0. The molecule has 0 saturated carbocycles. The quantitative estimate of drug-likeness (QED) is 0.909. The zero-order valence-electron chi connectivity index (χ0n) is 10.9. The first kappa shape index (κ1) is 12.2. The number of rotatable bonds is 4. The Labute approximate surface area is 112 Å². The number of nitrogens with zero attached hydrogens (tertiary/aromatic N) is 3. The monoisotopic (exact) mass is 258 g/mol. The van der Waals surface area contributed by atoms with Gasteiger partial charge in [0, 0.05) is 18.7 Å². The van der Waals surface area contributed by atoms with Gasteiger partial charge in [-0.1, -0.05) is 23.3 Å². The van der Waals surface area contributed by atoms with Crippen LogP contribution in [-0.4, -0.2) is 23.3 Å². The van der Waals surface area contributed by atoms with Crippen molar-refractivity contribution in [1.82, 2.24) is 10.2 Å². The van der Waals surface area contributed by atoms with E-state index >= 15 is 0 Å². The van der Waals surface area contributed by atoms with Crippen LogP contribution in [0.5, 0.6) is 0 Å². The van der Waals surface area contributed by atoms with E-state index in [9.17, 15) is 0 Å². The minimum absolute atomic E-state index is 0.596. The first-order chi connectivity index (χ1) is 9.38. The average molecular weight is 258 g/mol. The maximum atomic E-state index is 5.73. The molecule has 3 rings (SSSR count). The van der Waals surface area contributed by atoms with Gasteiger partial charge in [-0.25, -0.2) is 0 Å². The molecule has 1 aromatic heterocycles. The van der Waals surface area contributed by atoms with Crippen LogP contribution >= 0.6 is 0 Å². The third-order valence-corrected chi connectivity index (χ3v) is 3.39. The Kier molecular flexibility index (Phi) is 3.46. The molecule has 100 valence electrons. The molecule has 2 heterocycles. The third-order valence-electron chi connectivity index (χ3n) is 3.39. The lowest BCUT2D eigenvalue weighted by atomic mass is 10.0. The zero-order chi connectivity index (χ0) is 13.1. The Hall–Kier alpha value is -1.88. The molecule has 5 nitrogen and oxygen atoms in total. The second-order valence-corrected chi connectivity index (χ2v) is 4.75. The minimum Gasteiger partial charge on any atom is -0.408 e. The van der Waals surface area contributed by atoms with Crippen LogP contribution in [0.1, 0.15) is 24.3 Å². The first-order valence-electron chi connectivity index (χ1n) is 6.76. The molecule has 1 aliphatic heterocycles. The summed E-state index contributed by atoms with van der Waals surface area (Å²) in [6.45, 7) is 1.57. The fourth-order valence-electron chi connectivity index (χ4n) is 2.44. The lowest BCUT2D eigenvalue weighted by Crippen LogP contribution is -2.24. The molecule has 0 fully saturated rings. The highest BCUT2D eigenvalue weighted by atomic mass is 16.4. The number of hydrogen-bond acceptors (Lipinski definition) is 5. The highest BCUT2D eigenvalue weighted by Gasteiger charge is 2.22. The van der Waals surface area contributed by atoms with Gasteiger partial charge in [0.1, 0.15) is 0 Å². The van der Waals surface area contributed by atoms with Crippen LogP contribution in [-0.2, 0) is 12.8 Å². The molecule has 19 heavy (non-hydrogen) atoms. The number of aromatic nitrogens is 2. The molecule has 0 saturated heterocycles. The highest BCUT2D eigenvalue weighted by Crippen LogP contribution is 2.32. The topological polar surface area (TPSA) is 68.2 Å². The summed E-state index contributed by atoms with van der Waals surface area (Å²) in [6.07, 6.45) is 3.84. The normalized spacial score (nSPS) is 14.5. The number of fused-ring (bicyclic) bond motifs is 1. The Morgan fingerprint density at radius 2 is 2.16 bits per heavy atom. The summed E-state index contributed by atoms with van der Waals surface area (Å²) < 4.78 is 5.73. The molecule has 0 bridgehead atoms. The highest BCUT2D eigenvalue weighted by molar-refractivity contribution is 5.62. The first-order valence-corrected chi connectivity index (χ1v) is 6.76. The van der Waals surface area contributed by atoms with Gasteiger partial charge in [-0.05, 0) is 37.4 Å². The molecule has 0 spiro atoms. The van der Waals surface area contributed by atoms with Crippen molar-refractivity contribution >= 4 is 11.7 Å². The standard InChI is InChI=1S/C14H18N4O/c15-9-3-8-13-16-17-14(19-13)18-10-4-6-11-5-1-2-7-12(11)18/h1-2,5,7H,3-4,6,8-10,15H2. The molecule has 1 aliphatic rings. The van der Waals surface area contributed by atoms with Gasteiger partial charge in [-0.15, -0.1) is 5.10 Å². The average Bonchev–Trinajstić information content (AvgIpc) is 2.93. The molecular weight excluding hydrogens is 240 g/mol. The van der Waals surface area contributed by atoms with Crippen molar-refractivity contribution in [2.45, 2.75) is 25.7 Å². The Bertz CT molecular complexity index is 552. The van der Waals surface area contributed by atoms with Crippen LogP contribution in [0.4, 0.5) is 11.7 Å². The predicted molar refractivity (Wildman–Crippen MR) is 73.4 cm³/mol. The van der Waals surface area contributed by atoms with Gasteiger partial charge in [-0.3, -0.25) is 4.90 Å². The largest absolute Gasteiger partial charge is 0.408 e. The Balaban J connectivity index is 1.85. The van der Waals surface area contributed by atoms with E-state index in [1.165, 1.54) is 11.3 Å². The van der Waals surface area contributed by atoms with E-state index in [0.717, 1.165) is 32.2 Å². The van der Waals surface area contributed by atoms with E-state index in [0.29, 0.717) is 18.5 Å². The number of para-hydroxylation sites is 1. The molecule has 1 aromatic carbocycles. The van der Waals surface area contributed by atoms with Crippen molar-refractivity contribution in [3.8, 4) is 0 Å². The second kappa shape index (κ2) is 5.40. The van der Waals surface area contributed by atoms with E-state index in [1.807, 2.05) is 6.07 Å². The molecule has 2 aromatic rings. The van der Waals surface area contributed by atoms with Gasteiger partial charge in [-0.2, -0.15) is 0 Å². The summed E-state index contributed by atoms with van der Waals surface area (Å²) in [4.78, 5) is 2.11. The van der Waals surface area contributed by atoms with Crippen LogP contribution in [0.3, 0.4) is 0 Å². The lowest BCUT2D eigenvalue weighted by Gasteiger charge is -2.27. The number of hydrogen-bond donors (Lipinski definition) is 1. The number of anilines is 2. The fraction of sp³-hybridized carbons (Fsp3) is 0.429. The van der Waals surface area contributed by atoms with E-state index in [4.69, 9.17) is 10.2 Å². The second-order valence-electron chi connectivity index (χ2n) is 4.75. The zero-order valence-corrected chi connectivity index (χ0v) is 10.9. The van der Waals surface area contributed by atoms with Gasteiger partial charge in [0.25, 0.3) is 0 Å². The molecule has 0 amide bonds. The van der Waals surface area contributed by atoms with Crippen molar-refractivity contribution in [3.63, 3.8) is 0 Å². The molecule has 2 N–H and O–H groups in total. The van der Waals surface area contributed by atoms with Gasteiger partial charge in [0.2, 0.25) is 5.89 Å². The fourth-order valence-corrected chi connectivity index (χ4v) is 2.44. The van der Waals surface area contributed by atoms with Crippen molar-refractivity contribution in [3.05, 3.63) is 35.7 Å². The summed E-state index contributed by atoms with van der Waals surface area (Å²) >= 11 is 0. The van der Waals surface area contributed by atoms with E-state index < -0.39 is 0 Å². The van der Waals surface area contributed by atoms with E-state index in [-0.39, 0.29) is 0 Å². The predicted octanol–water partition coefficient (Wildman–Crippen LogP) is 2.05. The van der Waals surface area contributed by atoms with Crippen LogP contribution in [0.2, 0.25) is 0 Å². The number of nitrogens with two attached hydrogens (primary N) is 1. The molecular formula is C14H18N4O. The van der Waals surface area contributed by atoms with E-state index in [1.54, 1.807) is 0 Å². The molecule has 0 aliphatic carbocycles. The SMILES string of the molecule is NCCCc1nnc(N2CCCc3ccccc32)o1. The van der Waals surface area contributed by atoms with Gasteiger partial charge in [0.05, 0.1) is 0 Å². The molecule has 0 radical (unpaired) electrons. The summed E-state index contributed by atoms with van der Waals surface area (Å²) in [6, 6.07) is 8.98. The summed E-state index contributed by atoms with van der Waals surface area (Å²) in [5.41, 5.74) is 8.02. The third kappa shape index (κ3) is 2.46. The molecule has 0 atom stereocenters. The van der Waals surface area contributed by atoms with Crippen LogP contribution in [0.25, 0.3) is 0 Å².